The molecule has 0 saturated heterocycles. The minimum Gasteiger partial charge on any atom is -0.459 e. The van der Waals surface area contributed by atoms with Crippen molar-refractivity contribution in [3.63, 3.8) is 0 Å². The molecular weight excluding hydrogens is 380 g/mol. The van der Waals surface area contributed by atoms with Crippen LogP contribution in [0.3, 0.4) is 0 Å². The summed E-state index contributed by atoms with van der Waals surface area (Å²) >= 11 is 0. The van der Waals surface area contributed by atoms with Crippen molar-refractivity contribution in [2.24, 2.45) is 0 Å². The fraction of sp³-hybridized carbons (Fsp3) is 0.250. The van der Waals surface area contributed by atoms with Crippen molar-refractivity contribution in [1.82, 2.24) is 5.32 Å². The smallest absolute Gasteiger partial charge is 0.329 e. The summed E-state index contributed by atoms with van der Waals surface area (Å²) in [5.74, 6) is -1.55. The largest absolute Gasteiger partial charge is 0.459 e. The van der Waals surface area contributed by atoms with Gasteiger partial charge in [0.15, 0.2) is 0 Å². The van der Waals surface area contributed by atoms with Gasteiger partial charge in [0.05, 0.1) is 17.4 Å². The number of sulfone groups is 1. The lowest BCUT2D eigenvalue weighted by Crippen LogP contribution is -2.43. The van der Waals surface area contributed by atoms with Gasteiger partial charge in [-0.05, 0) is 24.6 Å². The van der Waals surface area contributed by atoms with Gasteiger partial charge in [0.1, 0.15) is 22.5 Å². The maximum absolute atomic E-state index is 12.5. The molecule has 1 atom stereocenters. The van der Waals surface area contributed by atoms with Gasteiger partial charge < -0.3 is 10.1 Å². The standard InChI is InChI=1S/C20H20N2O5S/c1-28(25,26)12-11-18(22-19(23)15-7-3-2-4-8-15)20(24)27-14-17-10-6-5-9-16(17)13-21/h2-10,18H,11-12,14H2,1H3,(H,22,23)/t18-/m0/s1. The van der Waals surface area contributed by atoms with Gasteiger partial charge in [0.2, 0.25) is 0 Å². The maximum Gasteiger partial charge on any atom is 0.329 e. The monoisotopic (exact) mass is 400 g/mol. The van der Waals surface area contributed by atoms with Gasteiger partial charge in [-0.3, -0.25) is 4.79 Å². The van der Waals surface area contributed by atoms with E-state index in [1.54, 1.807) is 54.6 Å². The van der Waals surface area contributed by atoms with Crippen molar-refractivity contribution < 1.29 is 22.7 Å². The molecule has 146 valence electrons. The normalized spacial score (nSPS) is 11.9. The highest BCUT2D eigenvalue weighted by atomic mass is 32.2. The van der Waals surface area contributed by atoms with Crippen molar-refractivity contribution in [3.05, 3.63) is 71.3 Å². The summed E-state index contributed by atoms with van der Waals surface area (Å²) in [5, 5.41) is 11.6. The molecule has 1 amide bonds. The molecule has 0 aliphatic rings. The van der Waals surface area contributed by atoms with Crippen molar-refractivity contribution in [2.45, 2.75) is 19.1 Å². The molecule has 1 N–H and O–H groups in total. The molecular formula is C20H20N2O5S. The molecule has 7 nitrogen and oxygen atoms in total. The molecule has 28 heavy (non-hydrogen) atoms. The van der Waals surface area contributed by atoms with E-state index in [2.05, 4.69) is 5.32 Å². The summed E-state index contributed by atoms with van der Waals surface area (Å²) < 4.78 is 28.2. The predicted molar refractivity (Wildman–Crippen MR) is 103 cm³/mol. The zero-order valence-corrected chi connectivity index (χ0v) is 16.1. The van der Waals surface area contributed by atoms with Crippen LogP contribution in [0.1, 0.15) is 27.9 Å². The SMILES string of the molecule is CS(=O)(=O)CC[C@H](NC(=O)c1ccccc1)C(=O)OCc1ccccc1C#N. The highest BCUT2D eigenvalue weighted by molar-refractivity contribution is 7.90. The molecule has 0 spiro atoms. The Morgan fingerprint density at radius 1 is 1.11 bits per heavy atom. The number of carbonyl (C=O) groups is 2. The quantitative estimate of drug-likeness (QED) is 0.677. The summed E-state index contributed by atoms with van der Waals surface area (Å²) in [4.78, 5) is 24.8. The topological polar surface area (TPSA) is 113 Å². The Kier molecular flexibility index (Phi) is 7.29. The molecule has 0 saturated carbocycles. The molecule has 2 aromatic rings. The van der Waals surface area contributed by atoms with Crippen LogP contribution in [0, 0.1) is 11.3 Å². The summed E-state index contributed by atoms with van der Waals surface area (Å²) in [6.07, 6.45) is 0.938. The van der Waals surface area contributed by atoms with Crippen molar-refractivity contribution in [2.75, 3.05) is 12.0 Å². The van der Waals surface area contributed by atoms with E-state index in [1.165, 1.54) is 0 Å². The van der Waals surface area contributed by atoms with E-state index in [-0.39, 0.29) is 18.8 Å². The number of esters is 1. The van der Waals surface area contributed by atoms with E-state index >= 15 is 0 Å². The number of carbonyl (C=O) groups excluding carboxylic acids is 2. The van der Waals surface area contributed by atoms with Crippen LogP contribution >= 0.6 is 0 Å². The second-order valence-corrected chi connectivity index (χ2v) is 8.45. The van der Waals surface area contributed by atoms with Crippen molar-refractivity contribution in [3.8, 4) is 6.07 Å². The molecule has 2 rings (SSSR count). The minimum absolute atomic E-state index is 0.115. The molecule has 0 aliphatic carbocycles. The summed E-state index contributed by atoms with van der Waals surface area (Å²) in [5.41, 5.74) is 1.24. The third-order valence-electron chi connectivity index (χ3n) is 3.91. The van der Waals surface area contributed by atoms with Crippen LogP contribution in [0.15, 0.2) is 54.6 Å². The van der Waals surface area contributed by atoms with Gasteiger partial charge in [-0.1, -0.05) is 36.4 Å². The third-order valence-corrected chi connectivity index (χ3v) is 4.89. The number of nitrogens with zero attached hydrogens (tertiary/aromatic N) is 1. The van der Waals surface area contributed by atoms with Crippen LogP contribution < -0.4 is 5.32 Å². The molecule has 0 radical (unpaired) electrons. The molecule has 0 unspecified atom stereocenters. The third kappa shape index (κ3) is 6.52. The highest BCUT2D eigenvalue weighted by Gasteiger charge is 2.24. The maximum atomic E-state index is 12.5. The zero-order chi connectivity index (χ0) is 20.6. The zero-order valence-electron chi connectivity index (χ0n) is 15.3. The highest BCUT2D eigenvalue weighted by Crippen LogP contribution is 2.10. The van der Waals surface area contributed by atoms with Gasteiger partial charge >= 0.3 is 5.97 Å². The van der Waals surface area contributed by atoms with Crippen LogP contribution in [-0.2, 0) is 26.0 Å². The van der Waals surface area contributed by atoms with E-state index in [0.717, 1.165) is 6.26 Å². The Balaban J connectivity index is 2.10. The lowest BCUT2D eigenvalue weighted by atomic mass is 10.1. The molecule has 2 aromatic carbocycles. The molecule has 0 aromatic heterocycles. The molecule has 0 heterocycles. The van der Waals surface area contributed by atoms with Crippen LogP contribution in [0.5, 0.6) is 0 Å². The van der Waals surface area contributed by atoms with E-state index in [1.807, 2.05) is 6.07 Å². The van der Waals surface area contributed by atoms with Gasteiger partial charge in [-0.25, -0.2) is 13.2 Å². The summed E-state index contributed by atoms with van der Waals surface area (Å²) in [6, 6.07) is 15.8. The second-order valence-electron chi connectivity index (χ2n) is 6.19. The number of nitriles is 1. The first-order valence-electron chi connectivity index (χ1n) is 8.48. The van der Waals surface area contributed by atoms with Gasteiger partial charge in [-0.15, -0.1) is 0 Å². The fourth-order valence-electron chi connectivity index (χ4n) is 2.42. The predicted octanol–water partition coefficient (Wildman–Crippen LogP) is 1.83. The van der Waals surface area contributed by atoms with E-state index in [4.69, 9.17) is 10.00 Å². The number of ether oxygens (including phenoxy) is 1. The minimum atomic E-state index is -3.33. The van der Waals surface area contributed by atoms with Crippen molar-refractivity contribution >= 4 is 21.7 Å². The lowest BCUT2D eigenvalue weighted by molar-refractivity contribution is -0.147. The molecule has 0 bridgehead atoms. The van der Waals surface area contributed by atoms with E-state index in [9.17, 15) is 18.0 Å². The first-order chi connectivity index (χ1) is 13.3. The molecule has 0 fully saturated rings. The fourth-order valence-corrected chi connectivity index (χ4v) is 3.08. The van der Waals surface area contributed by atoms with Gasteiger partial charge in [0.25, 0.3) is 5.91 Å². The average Bonchev–Trinajstić information content (AvgIpc) is 2.69. The average molecular weight is 400 g/mol. The Morgan fingerprint density at radius 3 is 2.39 bits per heavy atom. The number of benzene rings is 2. The number of nitrogens with one attached hydrogen (secondary N) is 1. The van der Waals surface area contributed by atoms with Crippen LogP contribution in [-0.4, -0.2) is 38.3 Å². The van der Waals surface area contributed by atoms with Crippen LogP contribution in [0.2, 0.25) is 0 Å². The summed E-state index contributed by atoms with van der Waals surface area (Å²) in [7, 11) is -3.33. The lowest BCUT2D eigenvalue weighted by Gasteiger charge is -2.18. The number of rotatable bonds is 8. The van der Waals surface area contributed by atoms with Crippen LogP contribution in [0.25, 0.3) is 0 Å². The van der Waals surface area contributed by atoms with E-state index in [0.29, 0.717) is 16.7 Å². The first kappa shape index (κ1) is 21.1. The van der Waals surface area contributed by atoms with Gasteiger partial charge in [0, 0.05) is 17.4 Å². The Labute approximate surface area is 163 Å². The number of hydrogen-bond acceptors (Lipinski definition) is 6. The molecule has 0 aliphatic heterocycles. The van der Waals surface area contributed by atoms with Crippen molar-refractivity contribution in [1.29, 1.82) is 5.26 Å². The Bertz CT molecular complexity index is 981. The summed E-state index contributed by atoms with van der Waals surface area (Å²) in [6.45, 7) is -0.154. The second kappa shape index (κ2) is 9.67. The number of amides is 1. The molecule has 8 heteroatoms. The Hall–Kier alpha value is -3.18. The Morgan fingerprint density at radius 2 is 1.75 bits per heavy atom. The van der Waals surface area contributed by atoms with Gasteiger partial charge in [-0.2, -0.15) is 5.26 Å². The van der Waals surface area contributed by atoms with Crippen LogP contribution in [0.4, 0.5) is 0 Å². The number of hydrogen-bond donors (Lipinski definition) is 1. The van der Waals surface area contributed by atoms with E-state index < -0.39 is 27.8 Å². The first-order valence-corrected chi connectivity index (χ1v) is 10.5.